The zero-order valence-electron chi connectivity index (χ0n) is 7.34. The van der Waals surface area contributed by atoms with Gasteiger partial charge in [0.25, 0.3) is 0 Å². The Morgan fingerprint density at radius 3 is 2.79 bits per heavy atom. The third-order valence-corrected chi connectivity index (χ3v) is 2.76. The summed E-state index contributed by atoms with van der Waals surface area (Å²) in [5.41, 5.74) is 0.344. The third-order valence-electron chi connectivity index (χ3n) is 2.76. The standard InChI is InChI=1S/C8H10F3NO2/c9-8(10,11)7(13)5-3-1-2-4-6(5)12-14-7/h5,13H,1-4H2/t5-,7+/m0/s1. The first kappa shape index (κ1) is 9.76. The maximum atomic E-state index is 12.5. The molecule has 0 spiro atoms. The number of alkyl halides is 3. The molecule has 1 fully saturated rings. The van der Waals surface area contributed by atoms with Gasteiger partial charge in [0.2, 0.25) is 0 Å². The molecule has 0 amide bonds. The molecule has 0 aromatic carbocycles. The van der Waals surface area contributed by atoms with Crippen molar-refractivity contribution in [3.05, 3.63) is 0 Å². The summed E-state index contributed by atoms with van der Waals surface area (Å²) in [6.07, 6.45) is -2.52. The van der Waals surface area contributed by atoms with Crippen LogP contribution in [0.4, 0.5) is 13.2 Å². The van der Waals surface area contributed by atoms with Crippen LogP contribution in [0.5, 0.6) is 0 Å². The van der Waals surface area contributed by atoms with E-state index in [1.54, 1.807) is 0 Å². The second-order valence-corrected chi connectivity index (χ2v) is 3.67. The molecule has 6 heteroatoms. The molecule has 0 aromatic rings. The van der Waals surface area contributed by atoms with Crippen LogP contribution < -0.4 is 0 Å². The summed E-state index contributed by atoms with van der Waals surface area (Å²) >= 11 is 0. The van der Waals surface area contributed by atoms with Gasteiger partial charge in [-0.25, -0.2) is 0 Å². The lowest BCUT2D eigenvalue weighted by Crippen LogP contribution is -2.52. The van der Waals surface area contributed by atoms with Gasteiger partial charge in [0, 0.05) is 0 Å². The van der Waals surface area contributed by atoms with E-state index in [1.165, 1.54) is 0 Å². The SMILES string of the molecule is O[C@@]1(C(F)(F)F)ON=C2CCCC[C@@H]21. The Labute approximate surface area is 78.5 Å². The highest BCUT2D eigenvalue weighted by molar-refractivity contribution is 5.89. The molecule has 80 valence electrons. The van der Waals surface area contributed by atoms with Crippen LogP contribution in [0.15, 0.2) is 5.16 Å². The smallest absolute Gasteiger partial charge is 0.350 e. The van der Waals surface area contributed by atoms with Gasteiger partial charge in [0.05, 0.1) is 11.6 Å². The number of aliphatic hydroxyl groups is 1. The molecule has 3 nitrogen and oxygen atoms in total. The van der Waals surface area contributed by atoms with E-state index in [0.717, 1.165) is 6.42 Å². The molecule has 1 N–H and O–H groups in total. The van der Waals surface area contributed by atoms with Crippen LogP contribution in [-0.2, 0) is 4.84 Å². The molecule has 2 rings (SSSR count). The summed E-state index contributed by atoms with van der Waals surface area (Å²) < 4.78 is 37.4. The van der Waals surface area contributed by atoms with Crippen LogP contribution in [0.25, 0.3) is 0 Å². The van der Waals surface area contributed by atoms with E-state index in [2.05, 4.69) is 9.99 Å². The van der Waals surface area contributed by atoms with Gasteiger partial charge in [0.15, 0.2) is 0 Å². The molecule has 0 unspecified atom stereocenters. The summed E-state index contributed by atoms with van der Waals surface area (Å²) in [5.74, 6) is -4.08. The first-order valence-electron chi connectivity index (χ1n) is 4.49. The predicted octanol–water partition coefficient (Wildman–Crippen LogP) is 1.81. The highest BCUT2D eigenvalue weighted by Gasteiger charge is 2.66. The van der Waals surface area contributed by atoms with Crippen molar-refractivity contribution < 1.29 is 23.1 Å². The van der Waals surface area contributed by atoms with Crippen LogP contribution >= 0.6 is 0 Å². The lowest BCUT2D eigenvalue weighted by Gasteiger charge is -2.31. The summed E-state index contributed by atoms with van der Waals surface area (Å²) in [5, 5.41) is 12.7. The van der Waals surface area contributed by atoms with E-state index in [0.29, 0.717) is 18.6 Å². The Morgan fingerprint density at radius 1 is 1.43 bits per heavy atom. The van der Waals surface area contributed by atoms with Gasteiger partial charge in [-0.3, -0.25) is 0 Å². The second kappa shape index (κ2) is 2.85. The molecule has 0 saturated heterocycles. The molecule has 1 aliphatic heterocycles. The van der Waals surface area contributed by atoms with Crippen LogP contribution in [-0.4, -0.2) is 22.8 Å². The van der Waals surface area contributed by atoms with Crippen LogP contribution in [0.2, 0.25) is 0 Å². The fraction of sp³-hybridized carbons (Fsp3) is 0.875. The van der Waals surface area contributed by atoms with Crippen molar-refractivity contribution in [2.24, 2.45) is 11.1 Å². The van der Waals surface area contributed by atoms with Crippen LogP contribution in [0.3, 0.4) is 0 Å². The number of hydrogen-bond donors (Lipinski definition) is 1. The second-order valence-electron chi connectivity index (χ2n) is 3.67. The van der Waals surface area contributed by atoms with Crippen LogP contribution in [0.1, 0.15) is 25.7 Å². The Morgan fingerprint density at radius 2 is 2.14 bits per heavy atom. The van der Waals surface area contributed by atoms with Crippen molar-refractivity contribution in [3.8, 4) is 0 Å². The number of rotatable bonds is 0. The average Bonchev–Trinajstić information content (AvgIpc) is 2.45. The van der Waals surface area contributed by atoms with E-state index in [1.807, 2.05) is 0 Å². The molecule has 1 saturated carbocycles. The molecule has 0 radical (unpaired) electrons. The Bertz CT molecular complexity index is 276. The topological polar surface area (TPSA) is 41.8 Å². The van der Waals surface area contributed by atoms with E-state index < -0.39 is 17.9 Å². The highest BCUT2D eigenvalue weighted by atomic mass is 19.4. The summed E-state index contributed by atoms with van der Waals surface area (Å²) in [4.78, 5) is 4.17. The predicted molar refractivity (Wildman–Crippen MR) is 41.5 cm³/mol. The summed E-state index contributed by atoms with van der Waals surface area (Å²) in [7, 11) is 0. The van der Waals surface area contributed by atoms with Gasteiger partial charge >= 0.3 is 12.0 Å². The number of oxime groups is 1. The lowest BCUT2D eigenvalue weighted by atomic mass is 9.82. The van der Waals surface area contributed by atoms with Gasteiger partial charge in [0.1, 0.15) is 0 Å². The largest absolute Gasteiger partial charge is 0.458 e. The van der Waals surface area contributed by atoms with Crippen LogP contribution in [0, 0.1) is 5.92 Å². The minimum atomic E-state index is -4.78. The zero-order chi connectivity index (χ0) is 10.4. The van der Waals surface area contributed by atoms with Crippen molar-refractivity contribution in [1.82, 2.24) is 0 Å². The van der Waals surface area contributed by atoms with E-state index in [9.17, 15) is 18.3 Å². The molecule has 14 heavy (non-hydrogen) atoms. The van der Waals surface area contributed by atoms with Crippen molar-refractivity contribution in [2.75, 3.05) is 0 Å². The van der Waals surface area contributed by atoms with Gasteiger partial charge in [-0.1, -0.05) is 11.6 Å². The average molecular weight is 209 g/mol. The minimum absolute atomic E-state index is 0.287. The molecular formula is C8H10F3NO2. The van der Waals surface area contributed by atoms with Gasteiger partial charge in [-0.2, -0.15) is 13.2 Å². The number of hydrogen-bond acceptors (Lipinski definition) is 3. The molecular weight excluding hydrogens is 199 g/mol. The minimum Gasteiger partial charge on any atom is -0.350 e. The molecule has 0 aromatic heterocycles. The molecule has 1 aliphatic carbocycles. The molecule has 2 atom stereocenters. The fourth-order valence-corrected chi connectivity index (χ4v) is 1.97. The maximum absolute atomic E-state index is 12.5. The van der Waals surface area contributed by atoms with Gasteiger partial charge < -0.3 is 9.94 Å². The monoisotopic (exact) mass is 209 g/mol. The van der Waals surface area contributed by atoms with Crippen molar-refractivity contribution in [1.29, 1.82) is 0 Å². The Hall–Kier alpha value is -0.780. The lowest BCUT2D eigenvalue weighted by molar-refractivity contribution is -0.370. The van der Waals surface area contributed by atoms with Crippen molar-refractivity contribution in [2.45, 2.75) is 37.6 Å². The molecule has 2 aliphatic rings. The summed E-state index contributed by atoms with van der Waals surface area (Å²) in [6, 6.07) is 0. The fourth-order valence-electron chi connectivity index (χ4n) is 1.97. The first-order chi connectivity index (χ1) is 6.45. The molecule has 1 heterocycles. The number of halogens is 3. The quantitative estimate of drug-likeness (QED) is 0.661. The Kier molecular flexibility index (Phi) is 1.99. The molecule has 0 bridgehead atoms. The number of fused-ring (bicyclic) bond motifs is 1. The van der Waals surface area contributed by atoms with Crippen molar-refractivity contribution >= 4 is 5.71 Å². The normalized spacial score (nSPS) is 37.4. The van der Waals surface area contributed by atoms with Crippen molar-refractivity contribution in [3.63, 3.8) is 0 Å². The van der Waals surface area contributed by atoms with E-state index in [4.69, 9.17) is 0 Å². The summed E-state index contributed by atoms with van der Waals surface area (Å²) in [6.45, 7) is 0. The number of nitrogens with zero attached hydrogens (tertiary/aromatic N) is 1. The maximum Gasteiger partial charge on any atom is 0.458 e. The van der Waals surface area contributed by atoms with Gasteiger partial charge in [-0.15, -0.1) is 0 Å². The zero-order valence-corrected chi connectivity index (χ0v) is 7.34. The van der Waals surface area contributed by atoms with E-state index in [-0.39, 0.29) is 6.42 Å². The van der Waals surface area contributed by atoms with Gasteiger partial charge in [-0.05, 0) is 19.3 Å². The van der Waals surface area contributed by atoms with E-state index >= 15 is 0 Å². The highest BCUT2D eigenvalue weighted by Crippen LogP contribution is 2.46. The first-order valence-corrected chi connectivity index (χ1v) is 4.49. The Balaban J connectivity index is 2.25. The third kappa shape index (κ3) is 1.20.